The number of amides is 1. The Hall–Kier alpha value is -2.93. The number of aliphatic hydroxyl groups excluding tert-OH is 1. The molecule has 7 nitrogen and oxygen atoms in total. The summed E-state index contributed by atoms with van der Waals surface area (Å²) in [5, 5.41) is 24.1. The molecule has 1 fully saturated rings. The van der Waals surface area contributed by atoms with Crippen LogP contribution in [0, 0.1) is 10.1 Å². The highest BCUT2D eigenvalue weighted by atomic mass is 16.6. The number of nitrogens with one attached hydrogen (secondary N) is 1. The number of nitro benzene ring substituents is 1. The number of benzene rings is 2. The second-order valence-corrected chi connectivity index (χ2v) is 6.03. The first-order valence-electron chi connectivity index (χ1n) is 8.12. The lowest BCUT2D eigenvalue weighted by molar-refractivity contribution is -0.383. The van der Waals surface area contributed by atoms with Crippen molar-refractivity contribution in [3.05, 3.63) is 64.2 Å². The van der Waals surface area contributed by atoms with Crippen molar-refractivity contribution in [2.75, 3.05) is 18.4 Å². The van der Waals surface area contributed by atoms with Crippen molar-refractivity contribution in [1.29, 1.82) is 0 Å². The van der Waals surface area contributed by atoms with Crippen molar-refractivity contribution in [3.8, 4) is 0 Å². The van der Waals surface area contributed by atoms with E-state index in [4.69, 9.17) is 0 Å². The molecule has 0 aromatic heterocycles. The summed E-state index contributed by atoms with van der Waals surface area (Å²) in [6, 6.07) is 13.5. The smallest absolute Gasteiger partial charge is 0.293 e. The van der Waals surface area contributed by atoms with Gasteiger partial charge in [-0.05, 0) is 37.1 Å². The van der Waals surface area contributed by atoms with Crippen molar-refractivity contribution in [1.82, 2.24) is 4.90 Å². The molecule has 0 radical (unpaired) electrons. The number of aliphatic hydroxyl groups is 1. The summed E-state index contributed by atoms with van der Waals surface area (Å²) in [7, 11) is 0. The maximum Gasteiger partial charge on any atom is 0.293 e. The molecule has 0 saturated carbocycles. The molecule has 7 heteroatoms. The van der Waals surface area contributed by atoms with Crippen LogP contribution in [-0.2, 0) is 0 Å². The Morgan fingerprint density at radius 3 is 2.68 bits per heavy atom. The SMILES string of the molecule is O=C(c1ccc(Nc2ccccc2)c([N+](=O)[O-])c1)N1CCCC(O)C1. The van der Waals surface area contributed by atoms with E-state index >= 15 is 0 Å². The van der Waals surface area contributed by atoms with Gasteiger partial charge in [0.05, 0.1) is 11.0 Å². The maximum atomic E-state index is 12.6. The van der Waals surface area contributed by atoms with Crippen molar-refractivity contribution < 1.29 is 14.8 Å². The van der Waals surface area contributed by atoms with Crippen LogP contribution in [0.1, 0.15) is 23.2 Å². The Labute approximate surface area is 145 Å². The first-order chi connectivity index (χ1) is 12.0. The summed E-state index contributed by atoms with van der Waals surface area (Å²) in [4.78, 5) is 25.0. The zero-order chi connectivity index (χ0) is 17.8. The van der Waals surface area contributed by atoms with Crippen LogP contribution in [0.3, 0.4) is 0 Å². The zero-order valence-corrected chi connectivity index (χ0v) is 13.6. The van der Waals surface area contributed by atoms with E-state index in [1.165, 1.54) is 11.0 Å². The van der Waals surface area contributed by atoms with Crippen molar-refractivity contribution >= 4 is 23.0 Å². The summed E-state index contributed by atoms with van der Waals surface area (Å²) in [6.07, 6.45) is 0.860. The van der Waals surface area contributed by atoms with Crippen LogP contribution in [0.2, 0.25) is 0 Å². The molecule has 2 aromatic carbocycles. The number of β-amino-alcohol motifs (C(OH)–C–C–N with tert-alkyl or cyclic N) is 1. The number of para-hydroxylation sites is 1. The molecule has 2 N–H and O–H groups in total. The van der Waals surface area contributed by atoms with E-state index in [1.807, 2.05) is 18.2 Å². The monoisotopic (exact) mass is 341 g/mol. The van der Waals surface area contributed by atoms with Crippen LogP contribution >= 0.6 is 0 Å². The van der Waals surface area contributed by atoms with E-state index in [1.54, 1.807) is 24.3 Å². The fourth-order valence-corrected chi connectivity index (χ4v) is 2.92. The van der Waals surface area contributed by atoms with E-state index in [0.29, 0.717) is 18.7 Å². The Kier molecular flexibility index (Phi) is 4.95. The number of nitrogens with zero attached hydrogens (tertiary/aromatic N) is 2. The average Bonchev–Trinajstić information content (AvgIpc) is 2.62. The Morgan fingerprint density at radius 1 is 1.24 bits per heavy atom. The van der Waals surface area contributed by atoms with Gasteiger partial charge in [0.1, 0.15) is 5.69 Å². The number of piperidine rings is 1. The van der Waals surface area contributed by atoms with Crippen LogP contribution in [-0.4, -0.2) is 40.0 Å². The Bertz CT molecular complexity index is 779. The number of carbonyl (C=O) groups excluding carboxylic acids is 1. The molecule has 1 aliphatic heterocycles. The van der Waals surface area contributed by atoms with Gasteiger partial charge >= 0.3 is 0 Å². The largest absolute Gasteiger partial charge is 0.391 e. The van der Waals surface area contributed by atoms with Crippen LogP contribution in [0.5, 0.6) is 0 Å². The van der Waals surface area contributed by atoms with Crippen LogP contribution in [0.25, 0.3) is 0 Å². The second kappa shape index (κ2) is 7.31. The van der Waals surface area contributed by atoms with Gasteiger partial charge in [0.2, 0.25) is 0 Å². The first-order valence-corrected chi connectivity index (χ1v) is 8.12. The highest BCUT2D eigenvalue weighted by Crippen LogP contribution is 2.29. The van der Waals surface area contributed by atoms with Crippen LogP contribution in [0.15, 0.2) is 48.5 Å². The average molecular weight is 341 g/mol. The molecule has 25 heavy (non-hydrogen) atoms. The van der Waals surface area contributed by atoms with Gasteiger partial charge in [-0.2, -0.15) is 0 Å². The predicted molar refractivity (Wildman–Crippen MR) is 94.0 cm³/mol. The molecule has 1 amide bonds. The number of carbonyl (C=O) groups is 1. The molecule has 1 unspecified atom stereocenters. The van der Waals surface area contributed by atoms with E-state index < -0.39 is 11.0 Å². The number of rotatable bonds is 4. The van der Waals surface area contributed by atoms with Gasteiger partial charge in [-0.25, -0.2) is 0 Å². The fourth-order valence-electron chi connectivity index (χ4n) is 2.92. The standard InChI is InChI=1S/C18H19N3O4/c22-15-7-4-10-20(12-15)18(23)13-8-9-16(17(11-13)21(24)25)19-14-5-2-1-3-6-14/h1-3,5-6,8-9,11,15,19,22H,4,7,10,12H2. The van der Waals surface area contributed by atoms with Gasteiger partial charge in [-0.3, -0.25) is 14.9 Å². The van der Waals surface area contributed by atoms with Gasteiger partial charge in [-0.1, -0.05) is 18.2 Å². The topological polar surface area (TPSA) is 95.7 Å². The third-order valence-electron chi connectivity index (χ3n) is 4.18. The number of hydrogen-bond acceptors (Lipinski definition) is 5. The molecular weight excluding hydrogens is 322 g/mol. The van der Waals surface area contributed by atoms with Gasteiger partial charge in [0.25, 0.3) is 11.6 Å². The zero-order valence-electron chi connectivity index (χ0n) is 13.6. The summed E-state index contributed by atoms with van der Waals surface area (Å²) in [6.45, 7) is 0.810. The van der Waals surface area contributed by atoms with Gasteiger partial charge in [0.15, 0.2) is 0 Å². The van der Waals surface area contributed by atoms with Crippen LogP contribution < -0.4 is 5.32 Å². The first kappa shape index (κ1) is 16.9. The Balaban J connectivity index is 1.86. The van der Waals surface area contributed by atoms with Crippen molar-refractivity contribution in [3.63, 3.8) is 0 Å². The lowest BCUT2D eigenvalue weighted by Gasteiger charge is -2.30. The third kappa shape index (κ3) is 3.95. The molecule has 0 bridgehead atoms. The van der Waals surface area contributed by atoms with E-state index in [9.17, 15) is 20.0 Å². The lowest BCUT2D eigenvalue weighted by atomic mass is 10.1. The molecular formula is C18H19N3O4. The molecule has 2 aromatic rings. The Morgan fingerprint density at radius 2 is 2.00 bits per heavy atom. The van der Waals surface area contributed by atoms with Gasteiger partial charge < -0.3 is 15.3 Å². The molecule has 3 rings (SSSR count). The fraction of sp³-hybridized carbons (Fsp3) is 0.278. The summed E-state index contributed by atoms with van der Waals surface area (Å²) in [5.41, 5.74) is 1.14. The maximum absolute atomic E-state index is 12.6. The van der Waals surface area contributed by atoms with Crippen LogP contribution in [0.4, 0.5) is 17.1 Å². The van der Waals surface area contributed by atoms with E-state index in [2.05, 4.69) is 5.32 Å². The number of nitro groups is 1. The van der Waals surface area contributed by atoms with Gasteiger partial charge in [0, 0.05) is 30.4 Å². The summed E-state index contributed by atoms with van der Waals surface area (Å²) < 4.78 is 0. The number of hydrogen-bond donors (Lipinski definition) is 2. The number of likely N-dealkylation sites (tertiary alicyclic amines) is 1. The van der Waals surface area contributed by atoms with E-state index in [-0.39, 0.29) is 23.7 Å². The quantitative estimate of drug-likeness (QED) is 0.658. The minimum absolute atomic E-state index is 0.160. The molecule has 1 aliphatic rings. The summed E-state index contributed by atoms with van der Waals surface area (Å²) in [5.74, 6) is -0.298. The molecule has 0 spiro atoms. The van der Waals surface area contributed by atoms with Crippen molar-refractivity contribution in [2.24, 2.45) is 0 Å². The predicted octanol–water partition coefficient (Wildman–Crippen LogP) is 2.94. The minimum Gasteiger partial charge on any atom is -0.391 e. The second-order valence-electron chi connectivity index (χ2n) is 6.03. The molecule has 0 aliphatic carbocycles. The lowest BCUT2D eigenvalue weighted by Crippen LogP contribution is -2.42. The molecule has 1 atom stereocenters. The van der Waals surface area contributed by atoms with Gasteiger partial charge in [-0.15, -0.1) is 0 Å². The highest BCUT2D eigenvalue weighted by molar-refractivity contribution is 5.96. The summed E-state index contributed by atoms with van der Waals surface area (Å²) >= 11 is 0. The molecule has 1 heterocycles. The third-order valence-corrected chi connectivity index (χ3v) is 4.18. The van der Waals surface area contributed by atoms with Crippen molar-refractivity contribution in [2.45, 2.75) is 18.9 Å². The minimum atomic E-state index is -0.535. The normalized spacial score (nSPS) is 17.2. The molecule has 130 valence electrons. The molecule has 1 saturated heterocycles. The highest BCUT2D eigenvalue weighted by Gasteiger charge is 2.25. The van der Waals surface area contributed by atoms with E-state index in [0.717, 1.165) is 12.1 Å². The number of anilines is 2.